The van der Waals surface area contributed by atoms with Crippen LogP contribution in [0, 0.1) is 0 Å². The van der Waals surface area contributed by atoms with E-state index in [0.717, 1.165) is 5.16 Å². The van der Waals surface area contributed by atoms with Gasteiger partial charge in [-0.05, 0) is 12.1 Å². The molecule has 0 unspecified atom stereocenters. The Morgan fingerprint density at radius 1 is 1.59 bits per heavy atom. The van der Waals surface area contributed by atoms with E-state index in [4.69, 9.17) is 4.42 Å². The molecule has 7 heteroatoms. The molecule has 0 N–H and O–H groups in total. The molecule has 0 bridgehead atoms. The number of hydrogen-bond acceptors (Lipinski definition) is 6. The van der Waals surface area contributed by atoms with Crippen LogP contribution in [0.1, 0.15) is 16.3 Å². The summed E-state index contributed by atoms with van der Waals surface area (Å²) in [5.74, 6) is 1.02. The van der Waals surface area contributed by atoms with Gasteiger partial charge in [-0.3, -0.25) is 0 Å². The highest BCUT2D eigenvalue weighted by atomic mass is 32.2. The number of thioether (sulfide) groups is 1. The average Bonchev–Trinajstić information content (AvgIpc) is 2.94. The number of carbonyl (C=O) groups is 1. The number of furan rings is 1. The molecule has 90 valence electrons. The molecule has 2 aromatic heterocycles. The van der Waals surface area contributed by atoms with Gasteiger partial charge in [-0.1, -0.05) is 11.8 Å². The van der Waals surface area contributed by atoms with Crippen LogP contribution in [0.25, 0.3) is 0 Å². The number of carbonyl (C=O) groups excluding carboxylic acids is 1. The largest absolute Gasteiger partial charge is 0.463 e. The zero-order chi connectivity index (χ0) is 12.3. The second-order valence-corrected chi connectivity index (χ2v) is 4.21. The van der Waals surface area contributed by atoms with E-state index in [0.29, 0.717) is 11.5 Å². The summed E-state index contributed by atoms with van der Waals surface area (Å²) >= 11 is 1.48. The molecule has 0 atom stereocenters. The van der Waals surface area contributed by atoms with Gasteiger partial charge in [0.1, 0.15) is 12.1 Å². The van der Waals surface area contributed by atoms with E-state index >= 15 is 0 Å². The lowest BCUT2D eigenvalue weighted by atomic mass is 10.4. The van der Waals surface area contributed by atoms with Crippen molar-refractivity contribution in [2.24, 2.45) is 7.05 Å². The molecule has 0 aliphatic heterocycles. The molecule has 2 aromatic rings. The summed E-state index contributed by atoms with van der Waals surface area (Å²) in [6.07, 6.45) is 1.63. The number of aryl methyl sites for hydroxylation is 1. The molecule has 0 aliphatic rings. The van der Waals surface area contributed by atoms with Gasteiger partial charge in [0, 0.05) is 7.05 Å². The first-order valence-corrected chi connectivity index (χ1v) is 5.83. The lowest BCUT2D eigenvalue weighted by Gasteiger charge is -1.97. The third-order valence-corrected chi connectivity index (χ3v) is 3.12. The fraction of sp³-hybridized carbons (Fsp3) is 0.300. The van der Waals surface area contributed by atoms with Crippen LogP contribution in [0.5, 0.6) is 0 Å². The van der Waals surface area contributed by atoms with Crippen molar-refractivity contribution >= 4 is 17.7 Å². The molecule has 0 radical (unpaired) electrons. The van der Waals surface area contributed by atoms with Gasteiger partial charge in [-0.25, -0.2) is 4.79 Å². The zero-order valence-electron chi connectivity index (χ0n) is 9.41. The highest BCUT2D eigenvalue weighted by Gasteiger charge is 2.11. The second-order valence-electron chi connectivity index (χ2n) is 3.27. The molecule has 0 amide bonds. The van der Waals surface area contributed by atoms with E-state index in [1.807, 2.05) is 11.6 Å². The van der Waals surface area contributed by atoms with E-state index < -0.39 is 5.97 Å². The quantitative estimate of drug-likeness (QED) is 0.607. The molecule has 0 saturated heterocycles. The van der Waals surface area contributed by atoms with Crippen molar-refractivity contribution in [2.45, 2.75) is 10.9 Å². The van der Waals surface area contributed by atoms with Crippen LogP contribution >= 0.6 is 11.8 Å². The first-order chi connectivity index (χ1) is 8.20. The van der Waals surface area contributed by atoms with Crippen molar-refractivity contribution in [3.63, 3.8) is 0 Å². The molecule has 2 rings (SSSR count). The van der Waals surface area contributed by atoms with Crippen molar-refractivity contribution in [1.82, 2.24) is 14.8 Å². The van der Waals surface area contributed by atoms with E-state index in [1.54, 1.807) is 18.5 Å². The second kappa shape index (κ2) is 5.05. The van der Waals surface area contributed by atoms with Crippen LogP contribution in [-0.2, 0) is 17.5 Å². The lowest BCUT2D eigenvalue weighted by molar-refractivity contribution is 0.0563. The predicted octanol–water partition coefficient (Wildman–Crippen LogP) is 1.49. The number of esters is 1. The normalized spacial score (nSPS) is 10.5. The van der Waals surface area contributed by atoms with Gasteiger partial charge in [0.05, 0.1) is 12.9 Å². The predicted molar refractivity (Wildman–Crippen MR) is 60.6 cm³/mol. The van der Waals surface area contributed by atoms with E-state index in [-0.39, 0.29) is 5.76 Å². The Morgan fingerprint density at radius 2 is 2.41 bits per heavy atom. The smallest absolute Gasteiger partial charge is 0.373 e. The standard InChI is InChI=1S/C10H11N3O3S/c1-13-6-11-12-10(13)17-5-7-3-4-8(16-7)9(14)15-2/h3-4,6H,5H2,1-2H3. The Bertz CT molecular complexity index is 520. The third kappa shape index (κ3) is 2.68. The van der Waals surface area contributed by atoms with Gasteiger partial charge in [0.25, 0.3) is 0 Å². The topological polar surface area (TPSA) is 70.2 Å². The fourth-order valence-corrected chi connectivity index (χ4v) is 1.99. The van der Waals surface area contributed by atoms with Crippen molar-refractivity contribution in [1.29, 1.82) is 0 Å². The molecular weight excluding hydrogens is 242 g/mol. The summed E-state index contributed by atoms with van der Waals surface area (Å²) in [7, 11) is 3.18. The average molecular weight is 253 g/mol. The Balaban J connectivity index is 1.98. The first kappa shape index (κ1) is 11.7. The maximum absolute atomic E-state index is 11.2. The maximum Gasteiger partial charge on any atom is 0.373 e. The van der Waals surface area contributed by atoms with Crippen LogP contribution < -0.4 is 0 Å². The number of hydrogen-bond donors (Lipinski definition) is 0. The highest BCUT2D eigenvalue weighted by molar-refractivity contribution is 7.98. The van der Waals surface area contributed by atoms with Gasteiger partial charge < -0.3 is 13.7 Å². The molecule has 0 fully saturated rings. The zero-order valence-corrected chi connectivity index (χ0v) is 10.2. The lowest BCUT2D eigenvalue weighted by Crippen LogP contribution is -1.98. The van der Waals surface area contributed by atoms with Crippen molar-refractivity contribution in [3.8, 4) is 0 Å². The molecule has 0 saturated carbocycles. The van der Waals surface area contributed by atoms with Crippen molar-refractivity contribution in [2.75, 3.05) is 7.11 Å². The Labute approximate surface area is 102 Å². The van der Waals surface area contributed by atoms with Crippen molar-refractivity contribution in [3.05, 3.63) is 30.0 Å². The summed E-state index contributed by atoms with van der Waals surface area (Å²) < 4.78 is 11.7. The number of nitrogens with zero attached hydrogens (tertiary/aromatic N) is 3. The highest BCUT2D eigenvalue weighted by Crippen LogP contribution is 2.21. The minimum atomic E-state index is -0.472. The van der Waals surface area contributed by atoms with Crippen LogP contribution in [0.4, 0.5) is 0 Å². The van der Waals surface area contributed by atoms with Gasteiger partial charge in [-0.2, -0.15) is 0 Å². The maximum atomic E-state index is 11.2. The Hall–Kier alpha value is -1.76. The third-order valence-electron chi connectivity index (χ3n) is 2.06. The molecular formula is C10H11N3O3S. The summed E-state index contributed by atoms with van der Waals surface area (Å²) in [4.78, 5) is 11.2. The molecule has 17 heavy (non-hydrogen) atoms. The molecule has 0 aromatic carbocycles. The van der Waals surface area contributed by atoms with E-state index in [2.05, 4.69) is 14.9 Å². The summed E-state index contributed by atoms with van der Waals surface area (Å²) in [5, 5.41) is 8.49. The van der Waals surface area contributed by atoms with Gasteiger partial charge in [0.15, 0.2) is 5.16 Å². The summed E-state index contributed by atoms with van der Waals surface area (Å²) in [5.41, 5.74) is 0. The molecule has 0 aliphatic carbocycles. The van der Waals surface area contributed by atoms with Crippen LogP contribution in [-0.4, -0.2) is 27.8 Å². The van der Waals surface area contributed by atoms with E-state index in [9.17, 15) is 4.79 Å². The minimum Gasteiger partial charge on any atom is -0.463 e. The van der Waals surface area contributed by atoms with Crippen LogP contribution in [0.3, 0.4) is 0 Å². The van der Waals surface area contributed by atoms with Gasteiger partial charge >= 0.3 is 5.97 Å². The first-order valence-electron chi connectivity index (χ1n) is 4.84. The number of methoxy groups -OCH3 is 1. The number of ether oxygens (including phenoxy) is 1. The Morgan fingerprint density at radius 3 is 3.06 bits per heavy atom. The van der Waals surface area contributed by atoms with Gasteiger partial charge in [0.2, 0.25) is 5.76 Å². The van der Waals surface area contributed by atoms with Crippen LogP contribution in [0.15, 0.2) is 28.0 Å². The fourth-order valence-electron chi connectivity index (χ4n) is 1.20. The SMILES string of the molecule is COC(=O)c1ccc(CSc2nncn2C)o1. The minimum absolute atomic E-state index is 0.209. The summed E-state index contributed by atoms with van der Waals surface area (Å²) in [6.45, 7) is 0. The van der Waals surface area contributed by atoms with Crippen LogP contribution in [0.2, 0.25) is 0 Å². The molecule has 6 nitrogen and oxygen atoms in total. The van der Waals surface area contributed by atoms with E-state index in [1.165, 1.54) is 18.9 Å². The number of aromatic nitrogens is 3. The summed E-state index contributed by atoms with van der Waals surface area (Å²) in [6, 6.07) is 3.34. The monoisotopic (exact) mass is 253 g/mol. The van der Waals surface area contributed by atoms with Gasteiger partial charge in [-0.15, -0.1) is 10.2 Å². The number of rotatable bonds is 4. The Kier molecular flexibility index (Phi) is 3.48. The molecule has 0 spiro atoms. The van der Waals surface area contributed by atoms with Crippen molar-refractivity contribution < 1.29 is 13.9 Å². The molecule has 2 heterocycles.